The zero-order valence-electron chi connectivity index (χ0n) is 12.3. The van der Waals surface area contributed by atoms with Crippen LogP contribution in [0.1, 0.15) is 32.6 Å². The van der Waals surface area contributed by atoms with Crippen LogP contribution in [-0.4, -0.2) is 32.7 Å². The summed E-state index contributed by atoms with van der Waals surface area (Å²) in [5, 5.41) is 17.4. The quantitative estimate of drug-likeness (QED) is 0.808. The van der Waals surface area contributed by atoms with Crippen LogP contribution in [0.5, 0.6) is 0 Å². The van der Waals surface area contributed by atoms with E-state index >= 15 is 0 Å². The largest absolute Gasteiger partial charge is 0.480 e. The number of aromatic nitrogens is 2. The summed E-state index contributed by atoms with van der Waals surface area (Å²) < 4.78 is 5.09. The number of carboxylic acids is 1. The molecule has 2 aromatic heterocycles. The van der Waals surface area contributed by atoms with Crippen molar-refractivity contribution in [3.63, 3.8) is 0 Å². The number of hydrogen-bond acceptors (Lipinski definition) is 6. The molecule has 22 heavy (non-hydrogen) atoms. The number of carboxylic acid groups (broad SMARTS) is 1. The van der Waals surface area contributed by atoms with Gasteiger partial charge in [0.15, 0.2) is 0 Å². The second kappa shape index (κ2) is 6.69. The van der Waals surface area contributed by atoms with Gasteiger partial charge in [-0.25, -0.2) is 4.79 Å². The summed E-state index contributed by atoms with van der Waals surface area (Å²) in [4.78, 5) is 28.1. The van der Waals surface area contributed by atoms with Crippen molar-refractivity contribution < 1.29 is 19.2 Å². The van der Waals surface area contributed by atoms with E-state index in [-0.39, 0.29) is 18.7 Å². The Hall–Kier alpha value is -2.22. The molecule has 2 aromatic rings. The molecule has 1 amide bonds. The van der Waals surface area contributed by atoms with Crippen LogP contribution in [0.25, 0.3) is 10.7 Å². The van der Waals surface area contributed by atoms with Crippen molar-refractivity contribution in [2.45, 2.75) is 38.6 Å². The number of carbonyl (C=O) groups is 2. The Kier molecular flexibility index (Phi) is 4.92. The van der Waals surface area contributed by atoms with Crippen LogP contribution >= 0.6 is 11.3 Å². The van der Waals surface area contributed by atoms with E-state index in [1.54, 1.807) is 6.92 Å². The fourth-order valence-electron chi connectivity index (χ4n) is 1.75. The maximum absolute atomic E-state index is 11.9. The SMILES string of the molecule is CCC(C)(NC(=O)CCc1nc(-c2cccs2)no1)C(=O)O. The van der Waals surface area contributed by atoms with E-state index in [1.807, 2.05) is 17.5 Å². The molecule has 2 N–H and O–H groups in total. The van der Waals surface area contributed by atoms with Crippen LogP contribution in [0.3, 0.4) is 0 Å². The summed E-state index contributed by atoms with van der Waals surface area (Å²) in [5.74, 6) is -0.565. The molecule has 1 atom stereocenters. The molecule has 0 saturated heterocycles. The molecule has 0 aliphatic rings. The molecule has 2 rings (SSSR count). The van der Waals surface area contributed by atoms with E-state index in [0.717, 1.165) is 4.88 Å². The Balaban J connectivity index is 1.90. The first-order valence-electron chi connectivity index (χ1n) is 6.85. The molecule has 2 heterocycles. The minimum atomic E-state index is -1.26. The summed E-state index contributed by atoms with van der Waals surface area (Å²) in [7, 11) is 0. The average Bonchev–Trinajstić information content (AvgIpc) is 3.15. The van der Waals surface area contributed by atoms with Crippen molar-refractivity contribution in [1.82, 2.24) is 15.5 Å². The third-order valence-corrected chi connectivity index (χ3v) is 4.24. The second-order valence-electron chi connectivity index (χ2n) is 5.03. The summed E-state index contributed by atoms with van der Waals surface area (Å²) in [6.45, 7) is 3.19. The fraction of sp³-hybridized carbons (Fsp3) is 0.429. The third-order valence-electron chi connectivity index (χ3n) is 3.37. The number of carbonyl (C=O) groups excluding carboxylic acids is 1. The number of hydrogen-bond donors (Lipinski definition) is 2. The lowest BCUT2D eigenvalue weighted by molar-refractivity contribution is -0.147. The summed E-state index contributed by atoms with van der Waals surface area (Å²) in [6, 6.07) is 3.77. The summed E-state index contributed by atoms with van der Waals surface area (Å²) in [6.07, 6.45) is 0.662. The van der Waals surface area contributed by atoms with Gasteiger partial charge in [0.2, 0.25) is 17.6 Å². The van der Waals surface area contributed by atoms with Crippen molar-refractivity contribution in [3.05, 3.63) is 23.4 Å². The van der Waals surface area contributed by atoms with Crippen molar-refractivity contribution in [2.75, 3.05) is 0 Å². The van der Waals surface area contributed by atoms with Crippen molar-refractivity contribution in [2.24, 2.45) is 0 Å². The Labute approximate surface area is 131 Å². The number of nitrogens with zero attached hydrogens (tertiary/aromatic N) is 2. The highest BCUT2D eigenvalue weighted by Gasteiger charge is 2.32. The zero-order chi connectivity index (χ0) is 16.2. The van der Waals surface area contributed by atoms with E-state index in [4.69, 9.17) is 9.63 Å². The van der Waals surface area contributed by atoms with Gasteiger partial charge in [-0.15, -0.1) is 11.3 Å². The van der Waals surface area contributed by atoms with Crippen LogP contribution in [0.2, 0.25) is 0 Å². The molecule has 0 spiro atoms. The van der Waals surface area contributed by atoms with Gasteiger partial charge >= 0.3 is 5.97 Å². The van der Waals surface area contributed by atoms with Gasteiger partial charge in [0.05, 0.1) is 4.88 Å². The van der Waals surface area contributed by atoms with Crippen LogP contribution in [0.4, 0.5) is 0 Å². The number of thiophene rings is 1. The number of amides is 1. The van der Waals surface area contributed by atoms with Gasteiger partial charge in [-0.1, -0.05) is 18.1 Å². The molecular weight excluding hydrogens is 306 g/mol. The standard InChI is InChI=1S/C14H17N3O4S/c1-3-14(2,13(19)20)16-10(18)6-7-11-15-12(17-21-11)9-5-4-8-22-9/h4-5,8H,3,6-7H2,1-2H3,(H,16,18)(H,19,20). The highest BCUT2D eigenvalue weighted by Crippen LogP contribution is 2.21. The van der Waals surface area contributed by atoms with Gasteiger partial charge in [0.25, 0.3) is 0 Å². The lowest BCUT2D eigenvalue weighted by atomic mass is 9.99. The molecule has 0 bridgehead atoms. The van der Waals surface area contributed by atoms with Crippen molar-refractivity contribution in [1.29, 1.82) is 0 Å². The predicted octanol–water partition coefficient (Wildman–Crippen LogP) is 2.10. The Morgan fingerprint density at radius 3 is 2.86 bits per heavy atom. The number of aliphatic carboxylic acids is 1. The first-order valence-corrected chi connectivity index (χ1v) is 7.73. The van der Waals surface area contributed by atoms with Gasteiger partial charge in [-0.3, -0.25) is 4.79 Å². The average molecular weight is 323 g/mol. The normalized spacial score (nSPS) is 13.5. The lowest BCUT2D eigenvalue weighted by Crippen LogP contribution is -2.51. The molecule has 1 unspecified atom stereocenters. The first-order chi connectivity index (χ1) is 10.4. The molecule has 118 valence electrons. The summed E-state index contributed by atoms with van der Waals surface area (Å²) >= 11 is 1.50. The Morgan fingerprint density at radius 2 is 2.27 bits per heavy atom. The van der Waals surface area contributed by atoms with E-state index in [0.29, 0.717) is 18.1 Å². The van der Waals surface area contributed by atoms with Gasteiger partial charge in [0, 0.05) is 12.8 Å². The van der Waals surface area contributed by atoms with Crippen LogP contribution in [-0.2, 0) is 16.0 Å². The molecule has 0 aromatic carbocycles. The Bertz CT molecular complexity index is 653. The minimum absolute atomic E-state index is 0.0922. The van der Waals surface area contributed by atoms with E-state index < -0.39 is 11.5 Å². The molecule has 0 aliphatic carbocycles. The number of aryl methyl sites for hydroxylation is 1. The third kappa shape index (κ3) is 3.70. The van der Waals surface area contributed by atoms with Crippen molar-refractivity contribution >= 4 is 23.2 Å². The monoisotopic (exact) mass is 323 g/mol. The molecule has 7 nitrogen and oxygen atoms in total. The summed E-state index contributed by atoms with van der Waals surface area (Å²) in [5.41, 5.74) is -1.26. The fourth-order valence-corrected chi connectivity index (χ4v) is 2.40. The van der Waals surface area contributed by atoms with Gasteiger partial charge < -0.3 is 14.9 Å². The highest BCUT2D eigenvalue weighted by molar-refractivity contribution is 7.13. The highest BCUT2D eigenvalue weighted by atomic mass is 32.1. The zero-order valence-corrected chi connectivity index (χ0v) is 13.1. The van der Waals surface area contributed by atoms with E-state index in [9.17, 15) is 9.59 Å². The molecular formula is C14H17N3O4S. The van der Waals surface area contributed by atoms with Crippen LogP contribution in [0.15, 0.2) is 22.0 Å². The smallest absolute Gasteiger partial charge is 0.329 e. The molecule has 0 saturated carbocycles. The second-order valence-corrected chi connectivity index (χ2v) is 5.98. The number of nitrogens with one attached hydrogen (secondary N) is 1. The first kappa shape index (κ1) is 16.2. The van der Waals surface area contributed by atoms with E-state index in [2.05, 4.69) is 15.5 Å². The van der Waals surface area contributed by atoms with Gasteiger partial charge in [0.1, 0.15) is 5.54 Å². The Morgan fingerprint density at radius 1 is 1.50 bits per heavy atom. The topological polar surface area (TPSA) is 105 Å². The van der Waals surface area contributed by atoms with Crippen LogP contribution < -0.4 is 5.32 Å². The molecule has 0 aliphatic heterocycles. The molecule has 0 fully saturated rings. The van der Waals surface area contributed by atoms with Gasteiger partial charge in [-0.05, 0) is 24.8 Å². The lowest BCUT2D eigenvalue weighted by Gasteiger charge is -2.24. The van der Waals surface area contributed by atoms with Gasteiger partial charge in [-0.2, -0.15) is 4.98 Å². The maximum Gasteiger partial charge on any atom is 0.329 e. The number of rotatable bonds is 7. The van der Waals surface area contributed by atoms with Crippen molar-refractivity contribution in [3.8, 4) is 10.7 Å². The molecule has 0 radical (unpaired) electrons. The maximum atomic E-state index is 11.9. The molecule has 8 heteroatoms. The minimum Gasteiger partial charge on any atom is -0.480 e. The van der Waals surface area contributed by atoms with E-state index in [1.165, 1.54) is 18.3 Å². The predicted molar refractivity (Wildman–Crippen MR) is 80.4 cm³/mol. The van der Waals surface area contributed by atoms with Crippen LogP contribution in [0, 0.1) is 0 Å².